The Hall–Kier alpha value is -0.780. The van der Waals surface area contributed by atoms with Gasteiger partial charge in [-0.05, 0) is 55.1 Å². The molecule has 1 aromatic rings. The van der Waals surface area contributed by atoms with Crippen LogP contribution in [0.4, 0.5) is 0 Å². The smallest absolute Gasteiger partial charge is 0.0134 e. The molecule has 1 saturated carbocycles. The van der Waals surface area contributed by atoms with Crippen molar-refractivity contribution in [2.24, 2.45) is 5.92 Å². The van der Waals surface area contributed by atoms with E-state index in [4.69, 9.17) is 0 Å². The van der Waals surface area contributed by atoms with Crippen molar-refractivity contribution in [1.29, 1.82) is 0 Å². The first-order valence-electron chi connectivity index (χ1n) is 9.02. The summed E-state index contributed by atoms with van der Waals surface area (Å²) in [4.78, 5) is 0. The van der Waals surface area contributed by atoms with E-state index in [2.05, 4.69) is 24.3 Å². The molecule has 0 heterocycles. The largest absolute Gasteiger partial charge is 0.0588 e. The summed E-state index contributed by atoms with van der Waals surface area (Å²) in [5.41, 5.74) is 3.19. The van der Waals surface area contributed by atoms with Gasteiger partial charge in [0.1, 0.15) is 0 Å². The van der Waals surface area contributed by atoms with E-state index in [-0.39, 0.29) is 0 Å². The Bertz CT molecular complexity index is 389. The van der Waals surface area contributed by atoms with E-state index in [0.29, 0.717) is 0 Å². The van der Waals surface area contributed by atoms with Crippen molar-refractivity contribution in [2.75, 3.05) is 0 Å². The summed E-state index contributed by atoms with van der Waals surface area (Å²) in [5.74, 6) is 1.83. The van der Waals surface area contributed by atoms with E-state index in [1.54, 1.807) is 11.1 Å². The van der Waals surface area contributed by atoms with Crippen molar-refractivity contribution in [3.05, 3.63) is 35.4 Å². The molecule has 2 unspecified atom stereocenters. The minimum atomic E-state index is 0.862. The molecular weight excluding hydrogens is 240 g/mol. The van der Waals surface area contributed by atoms with E-state index in [0.717, 1.165) is 11.8 Å². The average Bonchev–Trinajstić information content (AvgIpc) is 2.51. The Morgan fingerprint density at radius 2 is 1.20 bits per heavy atom. The number of aryl methyl sites for hydroxylation is 1. The molecule has 3 aliphatic rings. The molecule has 0 heteroatoms. The monoisotopic (exact) mass is 270 g/mol. The third-order valence-corrected chi connectivity index (χ3v) is 5.61. The lowest BCUT2D eigenvalue weighted by Crippen LogP contribution is -2.18. The Morgan fingerprint density at radius 3 is 2.00 bits per heavy atom. The molecule has 0 spiro atoms. The third kappa shape index (κ3) is 3.65. The maximum atomic E-state index is 2.45. The second kappa shape index (κ2) is 7.29. The van der Waals surface area contributed by atoms with Crippen LogP contribution < -0.4 is 0 Å². The first kappa shape index (κ1) is 14.2. The summed E-state index contributed by atoms with van der Waals surface area (Å²) in [6.45, 7) is 0. The van der Waals surface area contributed by atoms with Gasteiger partial charge in [0.05, 0.1) is 0 Å². The van der Waals surface area contributed by atoms with Gasteiger partial charge in [0, 0.05) is 0 Å². The topological polar surface area (TPSA) is 0 Å². The predicted octanol–water partition coefficient (Wildman–Crippen LogP) is 6.25. The fraction of sp³-hybridized carbons (Fsp3) is 0.700. The second-order valence-corrected chi connectivity index (χ2v) is 7.05. The summed E-state index contributed by atoms with van der Waals surface area (Å²) in [5, 5.41) is 0. The van der Waals surface area contributed by atoms with Crippen LogP contribution in [0.15, 0.2) is 24.3 Å². The molecule has 0 N–H and O–H groups in total. The van der Waals surface area contributed by atoms with Gasteiger partial charge in [-0.25, -0.2) is 0 Å². The molecular formula is C20H30. The normalized spacial score (nSPS) is 28.6. The molecule has 4 rings (SSSR count). The molecule has 0 amide bonds. The second-order valence-electron chi connectivity index (χ2n) is 7.05. The average molecular weight is 270 g/mol. The van der Waals surface area contributed by atoms with Crippen molar-refractivity contribution >= 4 is 0 Å². The molecule has 3 aliphatic carbocycles. The summed E-state index contributed by atoms with van der Waals surface area (Å²) < 4.78 is 0. The highest BCUT2D eigenvalue weighted by Crippen LogP contribution is 2.40. The lowest BCUT2D eigenvalue weighted by Gasteiger charge is -2.32. The summed E-state index contributed by atoms with van der Waals surface area (Å²) in [7, 11) is 0. The van der Waals surface area contributed by atoms with Gasteiger partial charge < -0.3 is 0 Å². The fourth-order valence-electron chi connectivity index (χ4n) is 4.37. The molecule has 2 bridgehead atoms. The Morgan fingerprint density at radius 1 is 0.600 bits per heavy atom. The molecule has 0 nitrogen and oxygen atoms in total. The van der Waals surface area contributed by atoms with Crippen LogP contribution in [0, 0.1) is 5.92 Å². The molecule has 1 fully saturated rings. The number of rotatable bonds is 0. The number of hydrogen-bond acceptors (Lipinski definition) is 0. The van der Waals surface area contributed by atoms with Gasteiger partial charge in [0.2, 0.25) is 0 Å². The van der Waals surface area contributed by atoms with Gasteiger partial charge in [-0.3, -0.25) is 0 Å². The van der Waals surface area contributed by atoms with Crippen LogP contribution in [0.25, 0.3) is 0 Å². The van der Waals surface area contributed by atoms with Crippen LogP contribution in [-0.4, -0.2) is 0 Å². The summed E-state index contributed by atoms with van der Waals surface area (Å²) >= 11 is 0. The van der Waals surface area contributed by atoms with E-state index in [1.165, 1.54) is 77.0 Å². The standard InChI is InChI=1S/C20H30/c1-2-4-6-10-18-11-7-8-12-20(18)19-15-13-17(14-16-19)9-5-3-1/h13-16,18,20H,1-12H2. The van der Waals surface area contributed by atoms with Crippen LogP contribution >= 0.6 is 0 Å². The molecule has 1 aromatic carbocycles. The maximum Gasteiger partial charge on any atom is -0.0134 e. The molecule has 0 saturated heterocycles. The highest BCUT2D eigenvalue weighted by atomic mass is 14.3. The van der Waals surface area contributed by atoms with Crippen LogP contribution in [0.1, 0.15) is 87.7 Å². The molecule has 0 radical (unpaired) electrons. The first-order valence-corrected chi connectivity index (χ1v) is 9.02. The molecule has 0 aromatic heterocycles. The zero-order valence-corrected chi connectivity index (χ0v) is 12.9. The van der Waals surface area contributed by atoms with Crippen molar-refractivity contribution < 1.29 is 0 Å². The number of fused-ring (bicyclic) bond motifs is 9. The SMILES string of the molecule is c1cc2ccc1CCCCCCCCC1CCCCC21. The minimum absolute atomic E-state index is 0.862. The highest BCUT2D eigenvalue weighted by molar-refractivity contribution is 5.26. The Kier molecular flexibility index (Phi) is 5.17. The predicted molar refractivity (Wildman–Crippen MR) is 87.2 cm³/mol. The third-order valence-electron chi connectivity index (χ3n) is 5.61. The lowest BCUT2D eigenvalue weighted by atomic mass is 9.73. The van der Waals surface area contributed by atoms with Crippen LogP contribution in [0.5, 0.6) is 0 Å². The molecule has 2 atom stereocenters. The van der Waals surface area contributed by atoms with Crippen molar-refractivity contribution in [3.8, 4) is 0 Å². The van der Waals surface area contributed by atoms with E-state index < -0.39 is 0 Å². The molecule has 110 valence electrons. The lowest BCUT2D eigenvalue weighted by molar-refractivity contribution is 0.282. The summed E-state index contributed by atoms with van der Waals surface area (Å²) in [6.07, 6.45) is 17.3. The van der Waals surface area contributed by atoms with Gasteiger partial charge in [-0.1, -0.05) is 69.2 Å². The van der Waals surface area contributed by atoms with Crippen molar-refractivity contribution in [3.63, 3.8) is 0 Å². The van der Waals surface area contributed by atoms with Crippen molar-refractivity contribution in [2.45, 2.75) is 83.0 Å². The minimum Gasteiger partial charge on any atom is -0.0588 e. The molecule has 20 heavy (non-hydrogen) atoms. The number of hydrogen-bond donors (Lipinski definition) is 0. The highest BCUT2D eigenvalue weighted by Gasteiger charge is 2.25. The summed E-state index contributed by atoms with van der Waals surface area (Å²) in [6, 6.07) is 9.72. The van der Waals surface area contributed by atoms with E-state index in [1.807, 2.05) is 0 Å². The fourth-order valence-corrected chi connectivity index (χ4v) is 4.37. The van der Waals surface area contributed by atoms with Crippen LogP contribution in [-0.2, 0) is 6.42 Å². The zero-order valence-electron chi connectivity index (χ0n) is 12.9. The zero-order chi connectivity index (χ0) is 13.6. The van der Waals surface area contributed by atoms with Crippen molar-refractivity contribution in [1.82, 2.24) is 0 Å². The Labute approximate surface area is 125 Å². The van der Waals surface area contributed by atoms with Gasteiger partial charge in [0.25, 0.3) is 0 Å². The van der Waals surface area contributed by atoms with E-state index >= 15 is 0 Å². The maximum absolute atomic E-state index is 2.45. The van der Waals surface area contributed by atoms with Gasteiger partial charge in [-0.2, -0.15) is 0 Å². The number of benzene rings is 1. The first-order chi connectivity index (χ1) is 9.93. The van der Waals surface area contributed by atoms with Crippen LogP contribution in [0.3, 0.4) is 0 Å². The van der Waals surface area contributed by atoms with Gasteiger partial charge in [0.15, 0.2) is 0 Å². The Balaban J connectivity index is 1.76. The van der Waals surface area contributed by atoms with E-state index in [9.17, 15) is 0 Å². The quantitative estimate of drug-likeness (QED) is 0.523. The van der Waals surface area contributed by atoms with Gasteiger partial charge in [-0.15, -0.1) is 0 Å². The molecule has 0 aliphatic heterocycles. The van der Waals surface area contributed by atoms with Gasteiger partial charge >= 0.3 is 0 Å². The van der Waals surface area contributed by atoms with Crippen LogP contribution in [0.2, 0.25) is 0 Å².